The van der Waals surface area contributed by atoms with Crippen LogP contribution in [0.4, 0.5) is 0 Å². The van der Waals surface area contributed by atoms with E-state index in [9.17, 15) is 0 Å². The van der Waals surface area contributed by atoms with Crippen LogP contribution in [0.5, 0.6) is 0 Å². The van der Waals surface area contributed by atoms with Crippen molar-refractivity contribution in [2.24, 2.45) is 5.73 Å². The van der Waals surface area contributed by atoms with Gasteiger partial charge >= 0.3 is 0 Å². The van der Waals surface area contributed by atoms with Gasteiger partial charge in [-0.25, -0.2) is 0 Å². The maximum atomic E-state index is 6.11. The molecule has 3 heteroatoms. The molecule has 2 rings (SSSR count). The lowest BCUT2D eigenvalue weighted by Crippen LogP contribution is -2.47. The number of hydrogen-bond donors (Lipinski definition) is 1. The topological polar surface area (TPSA) is 29.3 Å². The molecule has 1 aromatic rings. The zero-order valence-corrected chi connectivity index (χ0v) is 10.5. The molecule has 0 unspecified atom stereocenters. The molecule has 1 aromatic carbocycles. The van der Waals surface area contributed by atoms with E-state index in [1.54, 1.807) is 0 Å². The molecule has 0 saturated carbocycles. The lowest BCUT2D eigenvalue weighted by atomic mass is 9.91. The average molecular weight is 239 g/mol. The molecule has 1 aliphatic rings. The molecule has 2 N–H and O–H groups in total. The number of likely N-dealkylation sites (tertiary alicyclic amines) is 1. The summed E-state index contributed by atoms with van der Waals surface area (Å²) in [5.74, 6) is 0. The van der Waals surface area contributed by atoms with Crippen molar-refractivity contribution >= 4 is 11.6 Å². The third kappa shape index (κ3) is 3.21. The van der Waals surface area contributed by atoms with E-state index < -0.39 is 0 Å². The van der Waals surface area contributed by atoms with E-state index >= 15 is 0 Å². The van der Waals surface area contributed by atoms with Gasteiger partial charge in [0.1, 0.15) is 0 Å². The minimum absolute atomic E-state index is 0.0382. The Labute approximate surface area is 102 Å². The van der Waals surface area contributed by atoms with E-state index in [1.165, 1.54) is 5.56 Å². The minimum atomic E-state index is 0.0382. The highest BCUT2D eigenvalue weighted by Crippen LogP contribution is 2.20. The van der Waals surface area contributed by atoms with Crippen molar-refractivity contribution in [3.8, 4) is 0 Å². The zero-order chi connectivity index (χ0) is 11.6. The average Bonchev–Trinajstić information content (AvgIpc) is 2.24. The van der Waals surface area contributed by atoms with Crippen molar-refractivity contribution in [1.29, 1.82) is 0 Å². The van der Waals surface area contributed by atoms with Gasteiger partial charge in [0.15, 0.2) is 0 Å². The summed E-state index contributed by atoms with van der Waals surface area (Å²) in [6, 6.07) is 8.10. The molecule has 1 aliphatic heterocycles. The number of piperidine rings is 1. The fourth-order valence-electron chi connectivity index (χ4n) is 2.07. The second kappa shape index (κ2) is 4.74. The number of benzene rings is 1. The van der Waals surface area contributed by atoms with Crippen LogP contribution in [0.1, 0.15) is 25.3 Å². The SMILES string of the molecule is CC1(N)CCN(Cc2ccc(Cl)cc2)CC1. The van der Waals surface area contributed by atoms with Crippen LogP contribution in [0.2, 0.25) is 5.02 Å². The Bertz CT molecular complexity index is 335. The van der Waals surface area contributed by atoms with Gasteiger partial charge in [-0.2, -0.15) is 0 Å². The third-order valence-corrected chi connectivity index (χ3v) is 3.57. The summed E-state index contributed by atoms with van der Waals surface area (Å²) in [5.41, 5.74) is 7.47. The Morgan fingerprint density at radius 3 is 2.38 bits per heavy atom. The first-order valence-corrected chi connectivity index (χ1v) is 6.19. The maximum Gasteiger partial charge on any atom is 0.0406 e. The fourth-order valence-corrected chi connectivity index (χ4v) is 2.20. The van der Waals surface area contributed by atoms with Crippen molar-refractivity contribution in [3.63, 3.8) is 0 Å². The molecule has 2 nitrogen and oxygen atoms in total. The first-order valence-electron chi connectivity index (χ1n) is 5.81. The number of hydrogen-bond acceptors (Lipinski definition) is 2. The molecule has 88 valence electrons. The molecule has 16 heavy (non-hydrogen) atoms. The van der Waals surface area contributed by atoms with Crippen LogP contribution in [-0.4, -0.2) is 23.5 Å². The van der Waals surface area contributed by atoms with Crippen molar-refractivity contribution in [2.45, 2.75) is 31.8 Å². The molecule has 0 bridgehead atoms. The predicted octanol–water partition coefficient (Wildman–Crippen LogP) is 2.65. The summed E-state index contributed by atoms with van der Waals surface area (Å²) in [4.78, 5) is 2.46. The highest BCUT2D eigenvalue weighted by molar-refractivity contribution is 6.30. The molecule has 0 aliphatic carbocycles. The van der Waals surface area contributed by atoms with Gasteiger partial charge in [-0.15, -0.1) is 0 Å². The Morgan fingerprint density at radius 2 is 1.81 bits per heavy atom. The van der Waals surface area contributed by atoms with E-state index in [0.29, 0.717) is 0 Å². The molecular formula is C13H19ClN2. The number of rotatable bonds is 2. The molecule has 0 amide bonds. The Hall–Kier alpha value is -0.570. The molecule has 1 fully saturated rings. The van der Waals surface area contributed by atoms with E-state index in [2.05, 4.69) is 24.0 Å². The van der Waals surface area contributed by atoms with Crippen molar-refractivity contribution in [2.75, 3.05) is 13.1 Å². The smallest absolute Gasteiger partial charge is 0.0406 e. The van der Waals surface area contributed by atoms with Crippen LogP contribution >= 0.6 is 11.6 Å². The van der Waals surface area contributed by atoms with E-state index in [0.717, 1.165) is 37.5 Å². The van der Waals surface area contributed by atoms with Gasteiger partial charge in [-0.1, -0.05) is 23.7 Å². The van der Waals surface area contributed by atoms with Gasteiger partial charge in [0.25, 0.3) is 0 Å². The van der Waals surface area contributed by atoms with E-state index in [-0.39, 0.29) is 5.54 Å². The molecule has 1 heterocycles. The van der Waals surface area contributed by atoms with Crippen LogP contribution in [0.25, 0.3) is 0 Å². The number of halogens is 1. The van der Waals surface area contributed by atoms with Gasteiger partial charge in [0, 0.05) is 30.2 Å². The second-order valence-corrected chi connectivity index (χ2v) is 5.49. The lowest BCUT2D eigenvalue weighted by molar-refractivity contribution is 0.165. The van der Waals surface area contributed by atoms with Crippen molar-refractivity contribution < 1.29 is 0 Å². The van der Waals surface area contributed by atoms with Gasteiger partial charge in [-0.05, 0) is 37.5 Å². The standard InChI is InChI=1S/C13H19ClN2/c1-13(15)6-8-16(9-7-13)10-11-2-4-12(14)5-3-11/h2-5H,6-10,15H2,1H3. The summed E-state index contributed by atoms with van der Waals surface area (Å²) >= 11 is 5.86. The minimum Gasteiger partial charge on any atom is -0.325 e. The van der Waals surface area contributed by atoms with Crippen LogP contribution in [0, 0.1) is 0 Å². The summed E-state index contributed by atoms with van der Waals surface area (Å²) < 4.78 is 0. The second-order valence-electron chi connectivity index (χ2n) is 5.06. The largest absolute Gasteiger partial charge is 0.325 e. The molecule has 0 spiro atoms. The van der Waals surface area contributed by atoms with E-state index in [4.69, 9.17) is 17.3 Å². The van der Waals surface area contributed by atoms with Crippen molar-refractivity contribution in [3.05, 3.63) is 34.9 Å². The Balaban J connectivity index is 1.89. The zero-order valence-electron chi connectivity index (χ0n) is 9.75. The molecule has 1 saturated heterocycles. The van der Waals surface area contributed by atoms with Gasteiger partial charge < -0.3 is 5.73 Å². The molecule has 0 atom stereocenters. The molecular weight excluding hydrogens is 220 g/mol. The summed E-state index contributed by atoms with van der Waals surface area (Å²) in [6.45, 7) is 5.34. The highest BCUT2D eigenvalue weighted by atomic mass is 35.5. The normalized spacial score (nSPS) is 20.9. The number of nitrogens with two attached hydrogens (primary N) is 1. The first kappa shape index (κ1) is 11.9. The lowest BCUT2D eigenvalue weighted by Gasteiger charge is -2.36. The Morgan fingerprint density at radius 1 is 1.25 bits per heavy atom. The van der Waals surface area contributed by atoms with Crippen LogP contribution in [-0.2, 0) is 6.54 Å². The summed E-state index contributed by atoms with van der Waals surface area (Å²) in [5, 5.41) is 0.803. The molecule has 0 radical (unpaired) electrons. The van der Waals surface area contributed by atoms with Crippen molar-refractivity contribution in [1.82, 2.24) is 4.90 Å². The highest BCUT2D eigenvalue weighted by Gasteiger charge is 2.25. The van der Waals surface area contributed by atoms with Gasteiger partial charge in [-0.3, -0.25) is 4.90 Å². The van der Waals surface area contributed by atoms with Gasteiger partial charge in [0.2, 0.25) is 0 Å². The quantitative estimate of drug-likeness (QED) is 0.859. The monoisotopic (exact) mass is 238 g/mol. The third-order valence-electron chi connectivity index (χ3n) is 3.32. The van der Waals surface area contributed by atoms with Gasteiger partial charge in [0.05, 0.1) is 0 Å². The van der Waals surface area contributed by atoms with Crippen LogP contribution in [0.15, 0.2) is 24.3 Å². The summed E-state index contributed by atoms with van der Waals surface area (Å²) in [6.07, 6.45) is 2.17. The van der Waals surface area contributed by atoms with Crippen LogP contribution in [0.3, 0.4) is 0 Å². The summed E-state index contributed by atoms with van der Waals surface area (Å²) in [7, 11) is 0. The fraction of sp³-hybridized carbons (Fsp3) is 0.538. The first-order chi connectivity index (χ1) is 7.55. The van der Waals surface area contributed by atoms with E-state index in [1.807, 2.05) is 12.1 Å². The van der Waals surface area contributed by atoms with Crippen LogP contribution < -0.4 is 5.73 Å². The number of nitrogens with zero attached hydrogens (tertiary/aromatic N) is 1. The Kier molecular flexibility index (Phi) is 3.53. The predicted molar refractivity (Wildman–Crippen MR) is 68.6 cm³/mol. The molecule has 0 aromatic heterocycles. The maximum absolute atomic E-state index is 6.11.